The molecule has 198 valence electrons. The molecule has 5 atom stereocenters. The number of nitrogens with one attached hydrogen (secondary N) is 3. The molecule has 1 saturated heterocycles. The Bertz CT molecular complexity index is 646. The fraction of sp³-hybridized carbons (Fsp3) is 0.880. The number of hydrogen-bond acceptors (Lipinski definition) is 6. The molecule has 9 nitrogen and oxygen atoms in total. The summed E-state index contributed by atoms with van der Waals surface area (Å²) in [6.07, 6.45) is 3.22. The normalized spacial score (nSPS) is 19.0. The Kier molecular flexibility index (Phi) is 12.9. The molecule has 5 N–H and O–H groups in total. The van der Waals surface area contributed by atoms with E-state index in [1.165, 1.54) is 0 Å². The number of nitrogens with two attached hydrogens (primary N) is 1. The molecule has 0 radical (unpaired) electrons. The van der Waals surface area contributed by atoms with E-state index in [2.05, 4.69) is 29.8 Å². The number of carbonyl (C=O) groups excluding carboxylic acids is 3. The van der Waals surface area contributed by atoms with Gasteiger partial charge in [0.25, 0.3) is 0 Å². The lowest BCUT2D eigenvalue weighted by Gasteiger charge is -2.28. The van der Waals surface area contributed by atoms with Crippen molar-refractivity contribution in [2.45, 2.75) is 104 Å². The molecule has 1 heterocycles. The molecule has 0 saturated carbocycles. The zero-order chi connectivity index (χ0) is 25.9. The summed E-state index contributed by atoms with van der Waals surface area (Å²) in [6.45, 7) is 15.0. The van der Waals surface area contributed by atoms with Crippen molar-refractivity contribution in [3.8, 4) is 0 Å². The van der Waals surface area contributed by atoms with Crippen LogP contribution in [0.15, 0.2) is 0 Å². The summed E-state index contributed by atoms with van der Waals surface area (Å²) < 4.78 is 10.6. The number of epoxide rings is 1. The molecule has 3 amide bonds. The van der Waals surface area contributed by atoms with E-state index in [1.807, 2.05) is 34.6 Å². The van der Waals surface area contributed by atoms with Crippen LogP contribution < -0.4 is 21.7 Å². The van der Waals surface area contributed by atoms with Gasteiger partial charge in [0.05, 0.1) is 18.6 Å². The first-order valence-electron chi connectivity index (χ1n) is 12.8. The maximum absolute atomic E-state index is 13.1. The molecule has 0 spiro atoms. The summed E-state index contributed by atoms with van der Waals surface area (Å²) in [4.78, 5) is 37.8. The van der Waals surface area contributed by atoms with Gasteiger partial charge >= 0.3 is 6.09 Å². The van der Waals surface area contributed by atoms with Gasteiger partial charge < -0.3 is 31.2 Å². The average Bonchev–Trinajstić information content (AvgIpc) is 3.57. The Labute approximate surface area is 205 Å². The molecule has 0 aromatic heterocycles. The Morgan fingerprint density at radius 2 is 1.74 bits per heavy atom. The molecule has 9 heteroatoms. The van der Waals surface area contributed by atoms with Crippen LogP contribution in [-0.4, -0.2) is 61.4 Å². The number of rotatable bonds is 15. The summed E-state index contributed by atoms with van der Waals surface area (Å²) in [7, 11) is 0. The van der Waals surface area contributed by atoms with Crippen LogP contribution in [0.4, 0.5) is 4.79 Å². The maximum atomic E-state index is 13.1. The molecule has 34 heavy (non-hydrogen) atoms. The molecule has 1 fully saturated rings. The Balaban J connectivity index is 2.56. The monoisotopic (exact) mass is 484 g/mol. The molecule has 1 unspecified atom stereocenters. The Morgan fingerprint density at radius 3 is 2.24 bits per heavy atom. The van der Waals surface area contributed by atoms with E-state index in [9.17, 15) is 14.4 Å². The zero-order valence-electron chi connectivity index (χ0n) is 22.2. The molecule has 0 aromatic rings. The molecular weight excluding hydrogens is 436 g/mol. The summed E-state index contributed by atoms with van der Waals surface area (Å²) >= 11 is 0. The van der Waals surface area contributed by atoms with Crippen molar-refractivity contribution in [3.05, 3.63) is 0 Å². The summed E-state index contributed by atoms with van der Waals surface area (Å²) in [6, 6.07) is -0.660. The van der Waals surface area contributed by atoms with E-state index in [-0.39, 0.29) is 42.3 Å². The van der Waals surface area contributed by atoms with Crippen LogP contribution in [0.25, 0.3) is 0 Å². The van der Waals surface area contributed by atoms with Gasteiger partial charge in [0, 0.05) is 13.1 Å². The van der Waals surface area contributed by atoms with Gasteiger partial charge in [-0.3, -0.25) is 9.59 Å². The molecule has 0 aliphatic carbocycles. The van der Waals surface area contributed by atoms with Gasteiger partial charge in [0.15, 0.2) is 0 Å². The van der Waals surface area contributed by atoms with Gasteiger partial charge in [-0.1, -0.05) is 40.5 Å². The topological polar surface area (TPSA) is 135 Å². The minimum absolute atomic E-state index is 0.0137. The highest BCUT2D eigenvalue weighted by Crippen LogP contribution is 2.21. The van der Waals surface area contributed by atoms with Crippen LogP contribution >= 0.6 is 0 Å². The Hall–Kier alpha value is -1.87. The van der Waals surface area contributed by atoms with E-state index in [4.69, 9.17) is 15.2 Å². The lowest BCUT2D eigenvalue weighted by atomic mass is 9.94. The van der Waals surface area contributed by atoms with E-state index >= 15 is 0 Å². The van der Waals surface area contributed by atoms with Crippen molar-refractivity contribution in [3.63, 3.8) is 0 Å². The van der Waals surface area contributed by atoms with Gasteiger partial charge in [-0.2, -0.15) is 0 Å². The predicted octanol–water partition coefficient (Wildman–Crippen LogP) is 2.72. The number of carbonyl (C=O) groups is 3. The van der Waals surface area contributed by atoms with Crippen LogP contribution in [0.1, 0.15) is 80.6 Å². The van der Waals surface area contributed by atoms with Gasteiger partial charge in [0.1, 0.15) is 17.7 Å². The van der Waals surface area contributed by atoms with Gasteiger partial charge in [-0.15, -0.1) is 0 Å². The fourth-order valence-corrected chi connectivity index (χ4v) is 3.72. The van der Waals surface area contributed by atoms with Crippen LogP contribution in [0.2, 0.25) is 0 Å². The molecule has 1 aliphatic heterocycles. The lowest BCUT2D eigenvalue weighted by Crippen LogP contribution is -2.55. The van der Waals surface area contributed by atoms with Crippen LogP contribution in [0.5, 0.6) is 0 Å². The number of unbranched alkanes of at least 4 members (excludes halogenated alkanes) is 1. The molecule has 1 rings (SSSR count). The van der Waals surface area contributed by atoms with Crippen molar-refractivity contribution in [1.82, 2.24) is 16.0 Å². The van der Waals surface area contributed by atoms with E-state index in [0.717, 1.165) is 19.3 Å². The lowest BCUT2D eigenvalue weighted by molar-refractivity contribution is -0.132. The maximum Gasteiger partial charge on any atom is 0.407 e. The average molecular weight is 485 g/mol. The van der Waals surface area contributed by atoms with E-state index in [0.29, 0.717) is 31.9 Å². The van der Waals surface area contributed by atoms with Gasteiger partial charge in [0.2, 0.25) is 11.8 Å². The minimum Gasteiger partial charge on any atom is -0.444 e. The van der Waals surface area contributed by atoms with Gasteiger partial charge in [-0.25, -0.2) is 4.79 Å². The molecule has 0 aromatic carbocycles. The highest BCUT2D eigenvalue weighted by atomic mass is 16.6. The number of amides is 3. The van der Waals surface area contributed by atoms with Crippen molar-refractivity contribution in [2.75, 3.05) is 19.7 Å². The third kappa shape index (κ3) is 12.0. The van der Waals surface area contributed by atoms with E-state index < -0.39 is 17.7 Å². The predicted molar refractivity (Wildman–Crippen MR) is 133 cm³/mol. The van der Waals surface area contributed by atoms with Crippen LogP contribution in [0.3, 0.4) is 0 Å². The van der Waals surface area contributed by atoms with Crippen molar-refractivity contribution in [1.29, 1.82) is 0 Å². The first kappa shape index (κ1) is 30.2. The van der Waals surface area contributed by atoms with Gasteiger partial charge in [-0.05, 0) is 51.9 Å². The highest BCUT2D eigenvalue weighted by Gasteiger charge is 2.37. The number of ether oxygens (including phenoxy) is 2. The smallest absolute Gasteiger partial charge is 0.407 e. The molecule has 0 bridgehead atoms. The zero-order valence-corrected chi connectivity index (χ0v) is 22.2. The van der Waals surface area contributed by atoms with E-state index in [1.54, 1.807) is 0 Å². The SMILES string of the molecule is CCC(C)[C@H](NC(=O)[C@@H](CN)CCCCNC(=O)OC(C)(C)C)C(=O)N[C@@H](CC(C)C)[C@@H]1CO1. The van der Waals surface area contributed by atoms with Crippen molar-refractivity contribution < 1.29 is 23.9 Å². The fourth-order valence-electron chi connectivity index (χ4n) is 3.72. The molecule has 1 aliphatic rings. The van der Waals surface area contributed by atoms with Crippen LogP contribution in [0, 0.1) is 17.8 Å². The third-order valence-corrected chi connectivity index (χ3v) is 5.96. The number of alkyl carbamates (subject to hydrolysis) is 1. The first-order valence-corrected chi connectivity index (χ1v) is 12.8. The molecular formula is C25H48N4O5. The van der Waals surface area contributed by atoms with Crippen molar-refractivity contribution >= 4 is 17.9 Å². The second-order valence-electron chi connectivity index (χ2n) is 10.8. The highest BCUT2D eigenvalue weighted by molar-refractivity contribution is 5.89. The Morgan fingerprint density at radius 1 is 1.09 bits per heavy atom. The summed E-state index contributed by atoms with van der Waals surface area (Å²) in [5, 5.41) is 8.79. The van der Waals surface area contributed by atoms with Crippen molar-refractivity contribution in [2.24, 2.45) is 23.5 Å². The number of hydrogen-bond donors (Lipinski definition) is 4. The third-order valence-electron chi connectivity index (χ3n) is 5.96. The quantitative estimate of drug-likeness (QED) is 0.208. The summed E-state index contributed by atoms with van der Waals surface area (Å²) in [5.74, 6) is -0.343. The largest absolute Gasteiger partial charge is 0.444 e. The standard InChI is InChI=1S/C25H48N4O5/c1-8-17(4)21(23(31)28-19(13-16(2)3)20-15-33-20)29-22(30)18(14-26)11-9-10-12-27-24(32)34-25(5,6)7/h16-21H,8-15,26H2,1-7H3,(H,27,32)(H,28,31)(H,29,30)/t17?,18-,19+,20+,21+/m1/s1. The summed E-state index contributed by atoms with van der Waals surface area (Å²) in [5.41, 5.74) is 5.35. The second-order valence-corrected chi connectivity index (χ2v) is 10.8. The first-order chi connectivity index (χ1) is 15.9. The minimum atomic E-state index is -0.617. The second kappa shape index (κ2) is 14.5. The van der Waals surface area contributed by atoms with Crippen LogP contribution in [-0.2, 0) is 19.1 Å².